The highest BCUT2D eigenvalue weighted by Crippen LogP contribution is 2.21. The Hall–Kier alpha value is -2.63. The summed E-state index contributed by atoms with van der Waals surface area (Å²) in [6.07, 6.45) is 2.42. The SMILES string of the molecule is CCCCn1c(N)c(N(CC(C)C)C(=O)CCCSc2nnnn2C)c(=O)[nH]c1=O. The molecule has 0 spiro atoms. The lowest BCUT2D eigenvalue weighted by Crippen LogP contribution is -2.42. The third-order valence-electron chi connectivity index (χ3n) is 4.42. The fraction of sp³-hybridized carbons (Fsp3) is 0.667. The van der Waals surface area contributed by atoms with Crippen LogP contribution in [0.15, 0.2) is 14.7 Å². The van der Waals surface area contributed by atoms with Crippen LogP contribution in [-0.2, 0) is 18.4 Å². The highest BCUT2D eigenvalue weighted by molar-refractivity contribution is 7.99. The minimum Gasteiger partial charge on any atom is -0.383 e. The number of hydrogen-bond donors (Lipinski definition) is 2. The first-order valence-electron chi connectivity index (χ1n) is 10.0. The van der Waals surface area contributed by atoms with E-state index in [1.807, 2.05) is 20.8 Å². The van der Waals surface area contributed by atoms with Crippen molar-refractivity contribution in [1.82, 2.24) is 29.8 Å². The van der Waals surface area contributed by atoms with Crippen molar-refractivity contribution in [3.05, 3.63) is 20.8 Å². The molecule has 166 valence electrons. The van der Waals surface area contributed by atoms with E-state index in [0.717, 1.165) is 12.8 Å². The molecule has 2 aromatic heterocycles. The van der Waals surface area contributed by atoms with Gasteiger partial charge in [0.25, 0.3) is 5.56 Å². The third-order valence-corrected chi connectivity index (χ3v) is 5.51. The molecule has 30 heavy (non-hydrogen) atoms. The molecule has 2 heterocycles. The first-order chi connectivity index (χ1) is 14.3. The lowest BCUT2D eigenvalue weighted by molar-refractivity contribution is -0.118. The minimum atomic E-state index is -0.640. The molecule has 0 aliphatic rings. The van der Waals surface area contributed by atoms with E-state index in [2.05, 4.69) is 20.5 Å². The monoisotopic (exact) mass is 438 g/mol. The first-order valence-corrected chi connectivity index (χ1v) is 11.0. The van der Waals surface area contributed by atoms with Crippen LogP contribution in [0, 0.1) is 5.92 Å². The van der Waals surface area contributed by atoms with Crippen LogP contribution >= 0.6 is 11.8 Å². The van der Waals surface area contributed by atoms with Gasteiger partial charge in [0.15, 0.2) is 5.69 Å². The number of aromatic nitrogens is 6. The number of aryl methyl sites for hydroxylation is 1. The van der Waals surface area contributed by atoms with Gasteiger partial charge in [-0.2, -0.15) is 0 Å². The third kappa shape index (κ3) is 5.94. The van der Waals surface area contributed by atoms with Crippen molar-refractivity contribution in [2.24, 2.45) is 13.0 Å². The van der Waals surface area contributed by atoms with Gasteiger partial charge in [0, 0.05) is 32.3 Å². The molecule has 2 aromatic rings. The molecule has 0 atom stereocenters. The summed E-state index contributed by atoms with van der Waals surface area (Å²) in [5.74, 6) is 0.587. The van der Waals surface area contributed by atoms with E-state index in [9.17, 15) is 14.4 Å². The summed E-state index contributed by atoms with van der Waals surface area (Å²) in [7, 11) is 1.75. The van der Waals surface area contributed by atoms with Gasteiger partial charge in [0.1, 0.15) is 5.82 Å². The molecule has 0 aromatic carbocycles. The van der Waals surface area contributed by atoms with E-state index in [1.165, 1.54) is 21.2 Å². The lowest BCUT2D eigenvalue weighted by atomic mass is 10.1. The standard InChI is InChI=1S/C18H30N8O3S/c1-5-6-9-25-15(19)14(16(28)20-17(25)29)26(11-12(2)3)13(27)8-7-10-30-18-21-22-23-24(18)4/h12H,5-11,19H2,1-4H3,(H,20,28,29). The van der Waals surface area contributed by atoms with Crippen LogP contribution in [0.3, 0.4) is 0 Å². The van der Waals surface area contributed by atoms with Crippen LogP contribution in [0.4, 0.5) is 11.5 Å². The molecule has 0 saturated heterocycles. The van der Waals surface area contributed by atoms with E-state index in [4.69, 9.17) is 5.73 Å². The second-order valence-electron chi connectivity index (χ2n) is 7.43. The molecule has 0 unspecified atom stereocenters. The van der Waals surface area contributed by atoms with Gasteiger partial charge in [-0.15, -0.1) is 5.10 Å². The lowest BCUT2D eigenvalue weighted by Gasteiger charge is -2.26. The maximum absolute atomic E-state index is 13.0. The number of amides is 1. The van der Waals surface area contributed by atoms with Crippen LogP contribution < -0.4 is 21.9 Å². The zero-order valence-electron chi connectivity index (χ0n) is 17.9. The molecular formula is C18H30N8O3S. The van der Waals surface area contributed by atoms with Crippen LogP contribution in [0.1, 0.15) is 46.5 Å². The first kappa shape index (κ1) is 23.6. The summed E-state index contributed by atoms with van der Waals surface area (Å²) in [6.45, 7) is 6.62. The Labute approximate surface area is 179 Å². The van der Waals surface area contributed by atoms with E-state index in [0.29, 0.717) is 30.4 Å². The Morgan fingerprint density at radius 1 is 1.30 bits per heavy atom. The van der Waals surface area contributed by atoms with Crippen LogP contribution in [-0.4, -0.2) is 48.0 Å². The molecular weight excluding hydrogens is 408 g/mol. The van der Waals surface area contributed by atoms with Gasteiger partial charge < -0.3 is 10.6 Å². The number of H-pyrrole nitrogens is 1. The number of carbonyl (C=O) groups is 1. The van der Waals surface area contributed by atoms with Gasteiger partial charge >= 0.3 is 5.69 Å². The van der Waals surface area contributed by atoms with Crippen molar-refractivity contribution >= 4 is 29.2 Å². The van der Waals surface area contributed by atoms with Gasteiger partial charge in [-0.3, -0.25) is 19.1 Å². The molecule has 0 bridgehead atoms. The Balaban J connectivity index is 2.20. The van der Waals surface area contributed by atoms with Crippen molar-refractivity contribution in [2.75, 3.05) is 22.9 Å². The molecule has 2 rings (SSSR count). The van der Waals surface area contributed by atoms with E-state index in [-0.39, 0.29) is 29.8 Å². The minimum absolute atomic E-state index is 0.0331. The second kappa shape index (κ2) is 11.0. The maximum Gasteiger partial charge on any atom is 0.330 e. The van der Waals surface area contributed by atoms with Crippen molar-refractivity contribution in [2.45, 2.75) is 58.2 Å². The molecule has 1 amide bonds. The quantitative estimate of drug-likeness (QED) is 0.390. The topological polar surface area (TPSA) is 145 Å². The zero-order chi connectivity index (χ0) is 22.3. The van der Waals surface area contributed by atoms with E-state index < -0.39 is 11.2 Å². The van der Waals surface area contributed by atoms with Crippen molar-refractivity contribution in [3.63, 3.8) is 0 Å². The molecule has 0 radical (unpaired) electrons. The number of anilines is 2. The van der Waals surface area contributed by atoms with Gasteiger partial charge in [0.2, 0.25) is 11.1 Å². The number of nitrogens with one attached hydrogen (secondary N) is 1. The van der Waals surface area contributed by atoms with Crippen LogP contribution in [0.25, 0.3) is 0 Å². The molecule has 3 N–H and O–H groups in total. The van der Waals surface area contributed by atoms with Gasteiger partial charge in [-0.25, -0.2) is 9.48 Å². The average molecular weight is 439 g/mol. The maximum atomic E-state index is 13.0. The number of aromatic amines is 1. The molecule has 11 nitrogen and oxygen atoms in total. The zero-order valence-corrected chi connectivity index (χ0v) is 18.7. The summed E-state index contributed by atoms with van der Waals surface area (Å²) in [5.41, 5.74) is 5.05. The number of carbonyl (C=O) groups excluding carboxylic acids is 1. The van der Waals surface area contributed by atoms with Crippen molar-refractivity contribution in [3.8, 4) is 0 Å². The predicted octanol–water partition coefficient (Wildman–Crippen LogP) is 1.00. The largest absolute Gasteiger partial charge is 0.383 e. The Morgan fingerprint density at radius 2 is 2.03 bits per heavy atom. The van der Waals surface area contributed by atoms with Gasteiger partial charge in [-0.1, -0.05) is 39.0 Å². The van der Waals surface area contributed by atoms with Crippen LogP contribution in [0.5, 0.6) is 0 Å². The van der Waals surface area contributed by atoms with Crippen molar-refractivity contribution in [1.29, 1.82) is 0 Å². The Morgan fingerprint density at radius 3 is 2.63 bits per heavy atom. The highest BCUT2D eigenvalue weighted by Gasteiger charge is 2.24. The summed E-state index contributed by atoms with van der Waals surface area (Å²) < 4.78 is 2.90. The summed E-state index contributed by atoms with van der Waals surface area (Å²) in [6, 6.07) is 0. The number of rotatable bonds is 11. The predicted molar refractivity (Wildman–Crippen MR) is 117 cm³/mol. The number of nitrogens with two attached hydrogens (primary N) is 1. The van der Waals surface area contributed by atoms with Gasteiger partial charge in [-0.05, 0) is 29.2 Å². The number of unbranched alkanes of at least 4 members (excludes halogenated alkanes) is 1. The highest BCUT2D eigenvalue weighted by atomic mass is 32.2. The number of nitrogens with zero attached hydrogens (tertiary/aromatic N) is 6. The smallest absolute Gasteiger partial charge is 0.330 e. The fourth-order valence-electron chi connectivity index (χ4n) is 2.92. The average Bonchev–Trinajstić information content (AvgIpc) is 3.08. The molecule has 0 fully saturated rings. The summed E-state index contributed by atoms with van der Waals surface area (Å²) in [4.78, 5) is 41.5. The Bertz CT molecular complexity index is 965. The molecule has 12 heteroatoms. The number of nitrogen functional groups attached to an aromatic ring is 1. The normalized spacial score (nSPS) is 11.2. The number of hydrogen-bond acceptors (Lipinski definition) is 8. The van der Waals surface area contributed by atoms with E-state index >= 15 is 0 Å². The molecule has 0 aliphatic carbocycles. The molecule has 0 saturated carbocycles. The number of thioether (sulfide) groups is 1. The Kier molecular flexibility index (Phi) is 8.63. The summed E-state index contributed by atoms with van der Waals surface area (Å²) in [5, 5.41) is 11.9. The second-order valence-corrected chi connectivity index (χ2v) is 8.50. The van der Waals surface area contributed by atoms with Gasteiger partial charge in [0.05, 0.1) is 0 Å². The van der Waals surface area contributed by atoms with Crippen LogP contribution in [0.2, 0.25) is 0 Å². The number of tetrazole rings is 1. The summed E-state index contributed by atoms with van der Waals surface area (Å²) >= 11 is 1.45. The fourth-order valence-corrected chi connectivity index (χ4v) is 3.71. The molecule has 0 aliphatic heterocycles. The van der Waals surface area contributed by atoms with Crippen molar-refractivity contribution < 1.29 is 4.79 Å². The van der Waals surface area contributed by atoms with E-state index in [1.54, 1.807) is 11.7 Å².